The number of nitrogens with one attached hydrogen (secondary N) is 1. The van der Waals surface area contributed by atoms with Gasteiger partial charge in [-0.3, -0.25) is 14.3 Å². The van der Waals surface area contributed by atoms with Gasteiger partial charge in [0.1, 0.15) is 12.4 Å². The number of amides is 2. The first kappa shape index (κ1) is 31.8. The lowest BCUT2D eigenvalue weighted by atomic mass is 9.78. The molecule has 2 aromatic carbocycles. The summed E-state index contributed by atoms with van der Waals surface area (Å²) in [4.78, 5) is 28.0. The number of aromatic nitrogens is 2. The van der Waals surface area contributed by atoms with Crippen molar-refractivity contribution in [3.8, 4) is 16.9 Å². The van der Waals surface area contributed by atoms with Crippen molar-refractivity contribution in [2.75, 3.05) is 25.2 Å². The third kappa shape index (κ3) is 7.52. The van der Waals surface area contributed by atoms with Crippen molar-refractivity contribution < 1.29 is 19.4 Å². The topological polar surface area (TPSA) is 96.7 Å². The van der Waals surface area contributed by atoms with Gasteiger partial charge in [0.15, 0.2) is 0 Å². The van der Waals surface area contributed by atoms with Crippen LogP contribution in [0.4, 0.5) is 5.69 Å². The molecule has 2 amide bonds. The number of hydrogen-bond donors (Lipinski definition) is 2. The number of aryl methyl sites for hydroxylation is 1. The standard InChI is InChI=1S/C36H48N4O4/c1-24(2)40-22-31(20-37-40)29-6-5-7-33(19-29)39(36(43)28-12-15-32(16-13-28)38-35(42)23-41)21-26-8-10-27(11-9-26)30-14-17-34(44-4)25(3)18-30/h5-7,14,17-20,22,24,26-28,32,41H,8-13,15-16,21,23H2,1-4H3,(H,38,42)/t26-,27-,28-,32-. The minimum Gasteiger partial charge on any atom is -0.496 e. The summed E-state index contributed by atoms with van der Waals surface area (Å²) in [6, 6.07) is 15.2. The van der Waals surface area contributed by atoms with Crippen LogP contribution in [0.15, 0.2) is 54.9 Å². The summed E-state index contributed by atoms with van der Waals surface area (Å²) >= 11 is 0. The summed E-state index contributed by atoms with van der Waals surface area (Å²) in [5.74, 6) is 1.65. The Morgan fingerprint density at radius 1 is 1.02 bits per heavy atom. The van der Waals surface area contributed by atoms with Gasteiger partial charge in [-0.15, -0.1) is 0 Å². The van der Waals surface area contributed by atoms with Crippen molar-refractivity contribution in [1.82, 2.24) is 15.1 Å². The first-order valence-electron chi connectivity index (χ1n) is 16.3. The van der Waals surface area contributed by atoms with E-state index in [1.807, 2.05) is 16.9 Å². The van der Waals surface area contributed by atoms with Crippen LogP contribution in [0, 0.1) is 18.8 Å². The molecule has 8 nitrogen and oxygen atoms in total. The minimum absolute atomic E-state index is 0.0184. The number of aliphatic hydroxyl groups excluding tert-OH is 1. The Bertz CT molecular complexity index is 1420. The monoisotopic (exact) mass is 600 g/mol. The van der Waals surface area contributed by atoms with E-state index in [1.54, 1.807) is 7.11 Å². The quantitative estimate of drug-likeness (QED) is 0.280. The predicted octanol–water partition coefficient (Wildman–Crippen LogP) is 6.42. The van der Waals surface area contributed by atoms with Crippen LogP contribution in [0.25, 0.3) is 11.1 Å². The van der Waals surface area contributed by atoms with E-state index in [2.05, 4.69) is 78.7 Å². The first-order valence-corrected chi connectivity index (χ1v) is 16.3. The van der Waals surface area contributed by atoms with Crippen LogP contribution < -0.4 is 15.0 Å². The van der Waals surface area contributed by atoms with Gasteiger partial charge in [0.2, 0.25) is 11.8 Å². The van der Waals surface area contributed by atoms with Gasteiger partial charge in [0.05, 0.1) is 13.3 Å². The van der Waals surface area contributed by atoms with Crippen LogP contribution in [0.2, 0.25) is 0 Å². The number of benzene rings is 2. The van der Waals surface area contributed by atoms with E-state index < -0.39 is 6.61 Å². The fourth-order valence-corrected chi connectivity index (χ4v) is 7.02. The molecule has 5 rings (SSSR count). The Hall–Kier alpha value is -3.65. The number of rotatable bonds is 10. The number of methoxy groups -OCH3 is 1. The Labute approximate surface area is 261 Å². The van der Waals surface area contributed by atoms with Crippen LogP contribution in [-0.2, 0) is 9.59 Å². The molecule has 0 spiro atoms. The maximum Gasteiger partial charge on any atom is 0.245 e. The average Bonchev–Trinajstić information content (AvgIpc) is 3.55. The second kappa shape index (κ2) is 14.4. The number of aliphatic hydroxyl groups is 1. The molecule has 8 heteroatoms. The lowest BCUT2D eigenvalue weighted by molar-refractivity contribution is -0.125. The van der Waals surface area contributed by atoms with Gasteiger partial charge in [-0.1, -0.05) is 24.3 Å². The molecule has 1 heterocycles. The summed E-state index contributed by atoms with van der Waals surface area (Å²) < 4.78 is 7.43. The Balaban J connectivity index is 1.32. The highest BCUT2D eigenvalue weighted by atomic mass is 16.5. The number of carbonyl (C=O) groups excluding carboxylic acids is 2. The summed E-state index contributed by atoms with van der Waals surface area (Å²) in [5.41, 5.74) is 5.60. The molecule has 0 aliphatic heterocycles. The normalized spacial score (nSPS) is 22.0. The van der Waals surface area contributed by atoms with Gasteiger partial charge in [0.25, 0.3) is 0 Å². The van der Waals surface area contributed by atoms with Crippen LogP contribution in [0.5, 0.6) is 5.75 Å². The molecule has 0 radical (unpaired) electrons. The second-order valence-electron chi connectivity index (χ2n) is 13.0. The molecule has 44 heavy (non-hydrogen) atoms. The summed E-state index contributed by atoms with van der Waals surface area (Å²) in [5, 5.41) is 16.5. The highest BCUT2D eigenvalue weighted by Gasteiger charge is 2.33. The third-order valence-corrected chi connectivity index (χ3v) is 9.65. The molecule has 2 N–H and O–H groups in total. The molecule has 2 aliphatic carbocycles. The van der Waals surface area contributed by atoms with Crippen LogP contribution in [-0.4, -0.2) is 53.0 Å². The average molecular weight is 601 g/mol. The zero-order chi connectivity index (χ0) is 31.2. The molecule has 1 aromatic heterocycles. The number of anilines is 1. The van der Waals surface area contributed by atoms with Gasteiger partial charge in [0, 0.05) is 42.0 Å². The lowest BCUT2D eigenvalue weighted by Crippen LogP contribution is -2.44. The fraction of sp³-hybridized carbons (Fsp3) is 0.528. The van der Waals surface area contributed by atoms with Crippen LogP contribution in [0.3, 0.4) is 0 Å². The van der Waals surface area contributed by atoms with Crippen molar-refractivity contribution in [3.05, 3.63) is 66.0 Å². The highest BCUT2D eigenvalue weighted by molar-refractivity contribution is 5.95. The van der Waals surface area contributed by atoms with E-state index in [9.17, 15) is 9.59 Å². The molecule has 2 fully saturated rings. The fourth-order valence-electron chi connectivity index (χ4n) is 7.02. The zero-order valence-corrected chi connectivity index (χ0v) is 26.7. The molecule has 2 saturated carbocycles. The maximum atomic E-state index is 14.3. The van der Waals surface area contributed by atoms with Gasteiger partial charge in [-0.05, 0) is 119 Å². The molecule has 0 saturated heterocycles. The summed E-state index contributed by atoms with van der Waals surface area (Å²) in [6.45, 7) is 6.54. The zero-order valence-electron chi connectivity index (χ0n) is 26.7. The summed E-state index contributed by atoms with van der Waals surface area (Å²) in [6.07, 6.45) is 11.3. The van der Waals surface area contributed by atoms with Crippen molar-refractivity contribution in [1.29, 1.82) is 0 Å². The highest BCUT2D eigenvalue weighted by Crippen LogP contribution is 2.39. The Morgan fingerprint density at radius 2 is 1.77 bits per heavy atom. The van der Waals surface area contributed by atoms with E-state index in [-0.39, 0.29) is 29.8 Å². The Morgan fingerprint density at radius 3 is 2.41 bits per heavy atom. The molecule has 0 atom stereocenters. The molecule has 0 bridgehead atoms. The number of carbonyl (C=O) groups is 2. The van der Waals surface area contributed by atoms with Crippen LogP contribution in [0.1, 0.15) is 88.3 Å². The Kier molecular flexibility index (Phi) is 10.4. The van der Waals surface area contributed by atoms with Gasteiger partial charge < -0.3 is 20.1 Å². The smallest absolute Gasteiger partial charge is 0.245 e. The molecule has 2 aliphatic rings. The maximum absolute atomic E-state index is 14.3. The van der Waals surface area contributed by atoms with Crippen molar-refractivity contribution in [2.45, 2.75) is 90.1 Å². The van der Waals surface area contributed by atoms with Crippen molar-refractivity contribution >= 4 is 17.5 Å². The third-order valence-electron chi connectivity index (χ3n) is 9.65. The van der Waals surface area contributed by atoms with E-state index in [0.29, 0.717) is 18.4 Å². The van der Waals surface area contributed by atoms with Gasteiger partial charge in [-0.2, -0.15) is 5.10 Å². The second-order valence-corrected chi connectivity index (χ2v) is 13.0. The SMILES string of the molecule is COc1ccc([C@H]2CC[C@H](CN(c3cccc(-c4cnn(C(C)C)c4)c3)C(=O)[C@H]3CC[C@H](NC(=O)CO)CC3)CC2)cc1C. The number of ether oxygens (including phenoxy) is 1. The molecule has 236 valence electrons. The number of hydrogen-bond acceptors (Lipinski definition) is 5. The lowest BCUT2D eigenvalue weighted by Gasteiger charge is -2.36. The van der Waals surface area contributed by atoms with Crippen molar-refractivity contribution in [3.63, 3.8) is 0 Å². The van der Waals surface area contributed by atoms with Crippen molar-refractivity contribution in [2.24, 2.45) is 11.8 Å². The molecular formula is C36H48N4O4. The van der Waals surface area contributed by atoms with E-state index in [0.717, 1.165) is 73.9 Å². The van der Waals surface area contributed by atoms with Gasteiger partial charge in [-0.25, -0.2) is 0 Å². The predicted molar refractivity (Wildman–Crippen MR) is 174 cm³/mol. The molecule has 0 unspecified atom stereocenters. The first-order chi connectivity index (χ1) is 21.2. The number of nitrogens with zero attached hydrogens (tertiary/aromatic N) is 3. The van der Waals surface area contributed by atoms with E-state index in [4.69, 9.17) is 9.84 Å². The van der Waals surface area contributed by atoms with E-state index >= 15 is 0 Å². The minimum atomic E-state index is -0.501. The van der Waals surface area contributed by atoms with E-state index in [1.165, 1.54) is 11.1 Å². The van der Waals surface area contributed by atoms with Crippen LogP contribution >= 0.6 is 0 Å². The largest absolute Gasteiger partial charge is 0.496 e. The summed E-state index contributed by atoms with van der Waals surface area (Å²) in [7, 11) is 1.72. The van der Waals surface area contributed by atoms with Gasteiger partial charge >= 0.3 is 0 Å². The molecule has 3 aromatic rings. The molecular weight excluding hydrogens is 552 g/mol.